The highest BCUT2D eigenvalue weighted by molar-refractivity contribution is 7.89. The van der Waals surface area contributed by atoms with Gasteiger partial charge in [-0.1, -0.05) is 19.1 Å². The van der Waals surface area contributed by atoms with Crippen molar-refractivity contribution in [3.63, 3.8) is 0 Å². The third kappa shape index (κ3) is 5.02. The molecule has 7 nitrogen and oxygen atoms in total. The van der Waals surface area contributed by atoms with Crippen LogP contribution in [-0.2, 0) is 10.0 Å². The third-order valence-electron chi connectivity index (χ3n) is 4.81. The molecule has 1 heterocycles. The molecular weight excluding hydrogens is 390 g/mol. The van der Waals surface area contributed by atoms with Crippen molar-refractivity contribution >= 4 is 27.5 Å². The van der Waals surface area contributed by atoms with Gasteiger partial charge in [-0.25, -0.2) is 13.1 Å². The van der Waals surface area contributed by atoms with Gasteiger partial charge in [0.2, 0.25) is 10.0 Å². The SMILES string of the molecule is CCNS(=O)(=O)c1ccc(C(=O)Nc2ccccc2C(=O)N2CCCCC2)cc1. The molecule has 29 heavy (non-hydrogen) atoms. The molecule has 1 fully saturated rings. The Balaban J connectivity index is 1.77. The number of benzene rings is 2. The number of likely N-dealkylation sites (tertiary alicyclic amines) is 1. The number of rotatable bonds is 6. The number of piperidine rings is 1. The van der Waals surface area contributed by atoms with Crippen molar-refractivity contribution in [2.45, 2.75) is 31.1 Å². The lowest BCUT2D eigenvalue weighted by atomic mass is 10.1. The number of hydrogen-bond acceptors (Lipinski definition) is 4. The predicted molar refractivity (Wildman–Crippen MR) is 111 cm³/mol. The summed E-state index contributed by atoms with van der Waals surface area (Å²) in [5, 5.41) is 2.78. The van der Waals surface area contributed by atoms with Gasteiger partial charge in [-0.3, -0.25) is 9.59 Å². The van der Waals surface area contributed by atoms with Gasteiger partial charge in [-0.15, -0.1) is 0 Å². The van der Waals surface area contributed by atoms with Gasteiger partial charge in [0.1, 0.15) is 0 Å². The summed E-state index contributed by atoms with van der Waals surface area (Å²) in [5.74, 6) is -0.496. The fourth-order valence-electron chi connectivity index (χ4n) is 3.30. The van der Waals surface area contributed by atoms with Crippen LogP contribution in [0.2, 0.25) is 0 Å². The first-order valence-corrected chi connectivity index (χ1v) is 11.2. The first-order chi connectivity index (χ1) is 13.9. The minimum atomic E-state index is -3.57. The molecule has 0 bridgehead atoms. The van der Waals surface area contributed by atoms with Crippen LogP contribution in [0.4, 0.5) is 5.69 Å². The molecule has 0 unspecified atom stereocenters. The molecule has 0 aliphatic carbocycles. The van der Waals surface area contributed by atoms with E-state index in [1.165, 1.54) is 24.3 Å². The van der Waals surface area contributed by atoms with Crippen molar-refractivity contribution in [2.24, 2.45) is 0 Å². The summed E-state index contributed by atoms with van der Waals surface area (Å²) in [4.78, 5) is 27.4. The minimum Gasteiger partial charge on any atom is -0.339 e. The summed E-state index contributed by atoms with van der Waals surface area (Å²) < 4.78 is 26.4. The van der Waals surface area contributed by atoms with Crippen molar-refractivity contribution in [2.75, 3.05) is 25.0 Å². The van der Waals surface area contributed by atoms with Crippen molar-refractivity contribution in [1.29, 1.82) is 0 Å². The van der Waals surface area contributed by atoms with E-state index in [1.807, 2.05) is 4.90 Å². The highest BCUT2D eigenvalue weighted by atomic mass is 32.2. The summed E-state index contributed by atoms with van der Waals surface area (Å²) in [6.45, 7) is 3.43. The number of nitrogens with one attached hydrogen (secondary N) is 2. The molecule has 0 saturated carbocycles. The van der Waals surface area contributed by atoms with Crippen molar-refractivity contribution in [3.05, 3.63) is 59.7 Å². The van der Waals surface area contributed by atoms with E-state index in [0.29, 0.717) is 16.8 Å². The van der Waals surface area contributed by atoms with Gasteiger partial charge in [-0.05, 0) is 55.7 Å². The molecule has 0 atom stereocenters. The molecule has 3 rings (SSSR count). The van der Waals surface area contributed by atoms with Crippen LogP contribution in [0.15, 0.2) is 53.4 Å². The Bertz CT molecular complexity index is 981. The second-order valence-corrected chi connectivity index (χ2v) is 8.65. The normalized spacial score (nSPS) is 14.4. The number of carbonyl (C=O) groups is 2. The van der Waals surface area contributed by atoms with Gasteiger partial charge in [-0.2, -0.15) is 0 Å². The van der Waals surface area contributed by atoms with Crippen LogP contribution in [0.25, 0.3) is 0 Å². The van der Waals surface area contributed by atoms with Gasteiger partial charge >= 0.3 is 0 Å². The Morgan fingerprint density at radius 1 is 0.966 bits per heavy atom. The average molecular weight is 416 g/mol. The van der Waals surface area contributed by atoms with E-state index in [2.05, 4.69) is 10.0 Å². The second-order valence-electron chi connectivity index (χ2n) is 6.88. The molecule has 0 aromatic heterocycles. The van der Waals surface area contributed by atoms with Gasteiger partial charge in [0.25, 0.3) is 11.8 Å². The van der Waals surface area contributed by atoms with E-state index in [4.69, 9.17) is 0 Å². The van der Waals surface area contributed by atoms with Crippen LogP contribution < -0.4 is 10.0 Å². The number of carbonyl (C=O) groups excluding carboxylic acids is 2. The maximum absolute atomic E-state index is 12.9. The van der Waals surface area contributed by atoms with E-state index in [9.17, 15) is 18.0 Å². The lowest BCUT2D eigenvalue weighted by Gasteiger charge is -2.27. The quantitative estimate of drug-likeness (QED) is 0.758. The largest absolute Gasteiger partial charge is 0.339 e. The third-order valence-corrected chi connectivity index (χ3v) is 6.37. The van der Waals surface area contributed by atoms with Crippen LogP contribution in [0, 0.1) is 0 Å². The predicted octanol–water partition coefficient (Wildman–Crippen LogP) is 2.86. The van der Waals surface area contributed by atoms with E-state index in [-0.39, 0.29) is 17.3 Å². The monoisotopic (exact) mass is 415 g/mol. The zero-order valence-corrected chi connectivity index (χ0v) is 17.2. The lowest BCUT2D eigenvalue weighted by molar-refractivity contribution is 0.0725. The smallest absolute Gasteiger partial charge is 0.255 e. The Hall–Kier alpha value is -2.71. The summed E-state index contributed by atoms with van der Waals surface area (Å²) in [5.41, 5.74) is 1.20. The van der Waals surface area contributed by atoms with Gasteiger partial charge in [0.15, 0.2) is 0 Å². The van der Waals surface area contributed by atoms with Crippen LogP contribution in [0.3, 0.4) is 0 Å². The Morgan fingerprint density at radius 3 is 2.28 bits per heavy atom. The van der Waals surface area contributed by atoms with E-state index >= 15 is 0 Å². The Kier molecular flexibility index (Phi) is 6.66. The average Bonchev–Trinajstić information content (AvgIpc) is 2.74. The van der Waals surface area contributed by atoms with E-state index in [1.54, 1.807) is 31.2 Å². The number of anilines is 1. The number of nitrogens with zero attached hydrogens (tertiary/aromatic N) is 1. The molecule has 1 aliphatic rings. The summed E-state index contributed by atoms with van der Waals surface area (Å²) in [6.07, 6.45) is 3.10. The maximum Gasteiger partial charge on any atom is 0.255 e. The first-order valence-electron chi connectivity index (χ1n) is 9.72. The number of amides is 2. The molecule has 0 radical (unpaired) electrons. The van der Waals surface area contributed by atoms with Crippen LogP contribution >= 0.6 is 0 Å². The molecule has 2 amide bonds. The number of hydrogen-bond donors (Lipinski definition) is 2. The van der Waals surface area contributed by atoms with Crippen LogP contribution in [0.5, 0.6) is 0 Å². The first kappa shape index (κ1) is 21.0. The van der Waals surface area contributed by atoms with Gasteiger partial charge in [0.05, 0.1) is 16.1 Å². The van der Waals surface area contributed by atoms with Gasteiger partial charge in [0, 0.05) is 25.2 Å². The van der Waals surface area contributed by atoms with Crippen molar-refractivity contribution in [1.82, 2.24) is 9.62 Å². The molecular formula is C21H25N3O4S. The molecule has 0 spiro atoms. The van der Waals surface area contributed by atoms with Crippen molar-refractivity contribution < 1.29 is 18.0 Å². The van der Waals surface area contributed by atoms with E-state index in [0.717, 1.165) is 32.4 Å². The zero-order valence-electron chi connectivity index (χ0n) is 16.3. The molecule has 2 aromatic carbocycles. The van der Waals surface area contributed by atoms with E-state index < -0.39 is 15.9 Å². The fraction of sp³-hybridized carbons (Fsp3) is 0.333. The van der Waals surface area contributed by atoms with Gasteiger partial charge < -0.3 is 10.2 Å². The summed E-state index contributed by atoms with van der Waals surface area (Å²) in [6, 6.07) is 12.6. The van der Waals surface area contributed by atoms with Crippen molar-refractivity contribution in [3.8, 4) is 0 Å². The molecule has 1 saturated heterocycles. The molecule has 154 valence electrons. The number of sulfonamides is 1. The van der Waals surface area contributed by atoms with Crippen LogP contribution in [0.1, 0.15) is 46.9 Å². The molecule has 1 aliphatic heterocycles. The Morgan fingerprint density at radius 2 is 1.62 bits per heavy atom. The highest BCUT2D eigenvalue weighted by Crippen LogP contribution is 2.21. The highest BCUT2D eigenvalue weighted by Gasteiger charge is 2.21. The summed E-state index contributed by atoms with van der Waals surface area (Å²) in [7, 11) is -3.57. The lowest BCUT2D eigenvalue weighted by Crippen LogP contribution is -2.36. The second kappa shape index (κ2) is 9.19. The molecule has 2 N–H and O–H groups in total. The van der Waals surface area contributed by atoms with Crippen LogP contribution in [-0.4, -0.2) is 44.8 Å². The number of para-hydroxylation sites is 1. The standard InChI is InChI=1S/C21H25N3O4S/c1-2-22-29(27,28)17-12-10-16(11-13-17)20(25)23-19-9-5-4-8-18(19)21(26)24-14-6-3-7-15-24/h4-5,8-13,22H,2-3,6-7,14-15H2,1H3,(H,23,25). The maximum atomic E-state index is 12.9. The minimum absolute atomic E-state index is 0.0901. The molecule has 8 heteroatoms. The zero-order chi connectivity index (χ0) is 20.9. The molecule has 2 aromatic rings. The summed E-state index contributed by atoms with van der Waals surface area (Å²) >= 11 is 0. The Labute approximate surface area is 171 Å². The topological polar surface area (TPSA) is 95.6 Å². The fourth-order valence-corrected chi connectivity index (χ4v) is 4.34.